The van der Waals surface area contributed by atoms with Crippen LogP contribution in [0.2, 0.25) is 0 Å². The van der Waals surface area contributed by atoms with E-state index in [4.69, 9.17) is 0 Å². The van der Waals surface area contributed by atoms with Crippen molar-refractivity contribution in [1.29, 1.82) is 0 Å². The lowest BCUT2D eigenvalue weighted by atomic mass is 10.1. The van der Waals surface area contributed by atoms with E-state index in [0.29, 0.717) is 17.8 Å². The molecule has 0 radical (unpaired) electrons. The number of hydrogen-bond donors (Lipinski definition) is 3. The highest BCUT2D eigenvalue weighted by Gasteiger charge is 2.08. The van der Waals surface area contributed by atoms with Gasteiger partial charge >= 0.3 is 12.6 Å². The highest BCUT2D eigenvalue weighted by atomic mass is 19.3. The summed E-state index contributed by atoms with van der Waals surface area (Å²) in [5.74, 6) is -0.170. The molecule has 0 heterocycles. The zero-order valence-corrected chi connectivity index (χ0v) is 16.2. The molecule has 29 heavy (non-hydrogen) atoms. The Bertz CT molecular complexity index is 814. The van der Waals surface area contributed by atoms with E-state index in [1.54, 1.807) is 24.3 Å². The van der Waals surface area contributed by atoms with Gasteiger partial charge in [0.1, 0.15) is 5.75 Å². The number of anilines is 1. The Morgan fingerprint density at radius 3 is 2.45 bits per heavy atom. The predicted octanol–water partition coefficient (Wildman–Crippen LogP) is 2.90. The number of halogens is 2. The molecule has 2 aromatic carbocycles. The zero-order chi connectivity index (χ0) is 21.2. The van der Waals surface area contributed by atoms with Crippen molar-refractivity contribution in [2.45, 2.75) is 13.2 Å². The van der Waals surface area contributed by atoms with Crippen LogP contribution in [0.1, 0.15) is 15.9 Å². The maximum absolute atomic E-state index is 12.2. The Morgan fingerprint density at radius 2 is 1.79 bits per heavy atom. The fraction of sp³-hybridized carbons (Fsp3) is 0.300. The number of hydrogen-bond acceptors (Lipinski definition) is 4. The molecule has 7 nitrogen and oxygen atoms in total. The summed E-state index contributed by atoms with van der Waals surface area (Å²) in [5.41, 5.74) is 1.71. The molecule has 0 aliphatic carbocycles. The molecule has 0 bridgehead atoms. The van der Waals surface area contributed by atoms with Crippen LogP contribution in [0, 0.1) is 0 Å². The maximum atomic E-state index is 12.2. The number of benzene rings is 2. The summed E-state index contributed by atoms with van der Waals surface area (Å²) in [6.07, 6.45) is 0. The Kier molecular flexibility index (Phi) is 8.35. The molecular weight excluding hydrogens is 382 g/mol. The molecular formula is C20H24F2N4O3. The third kappa shape index (κ3) is 8.14. The van der Waals surface area contributed by atoms with Crippen LogP contribution in [0.5, 0.6) is 5.75 Å². The minimum Gasteiger partial charge on any atom is -0.435 e. The fourth-order valence-corrected chi connectivity index (χ4v) is 2.39. The first-order chi connectivity index (χ1) is 13.8. The van der Waals surface area contributed by atoms with Crippen molar-refractivity contribution in [3.05, 3.63) is 59.7 Å². The van der Waals surface area contributed by atoms with Gasteiger partial charge in [-0.1, -0.05) is 12.1 Å². The van der Waals surface area contributed by atoms with Gasteiger partial charge in [-0.25, -0.2) is 4.79 Å². The van der Waals surface area contributed by atoms with Gasteiger partial charge in [0.05, 0.1) is 0 Å². The number of urea groups is 1. The monoisotopic (exact) mass is 406 g/mol. The molecule has 0 aromatic heterocycles. The minimum absolute atomic E-state index is 0.00614. The maximum Gasteiger partial charge on any atom is 0.387 e. The summed E-state index contributed by atoms with van der Waals surface area (Å²) in [6, 6.07) is 12.1. The number of nitrogens with one attached hydrogen (secondary N) is 3. The van der Waals surface area contributed by atoms with Gasteiger partial charge in [0.25, 0.3) is 5.91 Å². The number of carbonyl (C=O) groups excluding carboxylic acids is 2. The van der Waals surface area contributed by atoms with Crippen LogP contribution in [-0.2, 0) is 6.54 Å². The first-order valence-corrected chi connectivity index (χ1v) is 8.95. The van der Waals surface area contributed by atoms with Crippen LogP contribution < -0.4 is 20.7 Å². The lowest BCUT2D eigenvalue weighted by molar-refractivity contribution is -0.0498. The average Bonchev–Trinajstić information content (AvgIpc) is 2.67. The minimum atomic E-state index is -2.90. The Morgan fingerprint density at radius 1 is 1.07 bits per heavy atom. The number of rotatable bonds is 9. The first-order valence-electron chi connectivity index (χ1n) is 8.95. The average molecular weight is 406 g/mol. The van der Waals surface area contributed by atoms with Gasteiger partial charge in [-0.15, -0.1) is 0 Å². The van der Waals surface area contributed by atoms with Crippen LogP contribution in [-0.4, -0.2) is 50.6 Å². The molecule has 0 spiro atoms. The molecule has 0 aliphatic rings. The number of amides is 3. The van der Waals surface area contributed by atoms with E-state index >= 15 is 0 Å². The van der Waals surface area contributed by atoms with Crippen molar-refractivity contribution in [3.63, 3.8) is 0 Å². The Hall–Kier alpha value is -3.20. The molecule has 0 saturated carbocycles. The molecule has 3 amide bonds. The molecule has 2 rings (SSSR count). The van der Waals surface area contributed by atoms with Crippen LogP contribution >= 0.6 is 0 Å². The number of carbonyl (C=O) groups is 2. The number of likely N-dealkylation sites (N-methyl/N-ethyl adjacent to an activating group) is 1. The summed E-state index contributed by atoms with van der Waals surface area (Å²) >= 11 is 0. The molecule has 156 valence electrons. The number of alkyl halides is 2. The summed E-state index contributed by atoms with van der Waals surface area (Å²) in [4.78, 5) is 26.2. The van der Waals surface area contributed by atoms with Crippen molar-refractivity contribution in [2.75, 3.05) is 32.5 Å². The fourth-order valence-electron chi connectivity index (χ4n) is 2.39. The van der Waals surface area contributed by atoms with Crippen LogP contribution in [0.3, 0.4) is 0 Å². The number of nitrogens with zero attached hydrogens (tertiary/aromatic N) is 1. The van der Waals surface area contributed by atoms with Crippen molar-refractivity contribution in [1.82, 2.24) is 15.5 Å². The molecule has 0 unspecified atom stereocenters. The van der Waals surface area contributed by atoms with E-state index in [0.717, 1.165) is 12.1 Å². The highest BCUT2D eigenvalue weighted by Crippen LogP contribution is 2.17. The summed E-state index contributed by atoms with van der Waals surface area (Å²) in [6.45, 7) is -1.40. The van der Waals surface area contributed by atoms with Crippen molar-refractivity contribution >= 4 is 17.6 Å². The van der Waals surface area contributed by atoms with Gasteiger partial charge in [0, 0.05) is 30.9 Å². The molecule has 3 N–H and O–H groups in total. The molecule has 9 heteroatoms. The molecule has 0 saturated heterocycles. The quantitative estimate of drug-likeness (QED) is 0.598. The first kappa shape index (κ1) is 22.1. The second kappa shape index (κ2) is 11.0. The zero-order valence-electron chi connectivity index (χ0n) is 16.2. The van der Waals surface area contributed by atoms with Crippen LogP contribution in [0.25, 0.3) is 0 Å². The third-order valence-electron chi connectivity index (χ3n) is 3.82. The molecule has 0 aliphatic heterocycles. The predicted molar refractivity (Wildman–Crippen MR) is 106 cm³/mol. The van der Waals surface area contributed by atoms with E-state index in [1.165, 1.54) is 24.3 Å². The van der Waals surface area contributed by atoms with E-state index in [9.17, 15) is 18.4 Å². The van der Waals surface area contributed by atoms with Crippen molar-refractivity contribution < 1.29 is 23.1 Å². The molecule has 0 fully saturated rings. The summed E-state index contributed by atoms with van der Waals surface area (Å²) < 4.78 is 28.5. The second-order valence-corrected chi connectivity index (χ2v) is 6.47. The molecule has 2 aromatic rings. The Labute approximate surface area is 168 Å². The third-order valence-corrected chi connectivity index (χ3v) is 3.82. The SMILES string of the molecule is CN(C)CCNC(=O)c1cccc(CNC(=O)Nc2ccc(OC(F)F)cc2)c1. The smallest absolute Gasteiger partial charge is 0.387 e. The lowest BCUT2D eigenvalue weighted by Gasteiger charge is -2.11. The van der Waals surface area contributed by atoms with Crippen molar-refractivity contribution in [2.24, 2.45) is 0 Å². The summed E-state index contributed by atoms with van der Waals surface area (Å²) in [7, 11) is 3.85. The van der Waals surface area contributed by atoms with Gasteiger partial charge in [-0.3, -0.25) is 4.79 Å². The van der Waals surface area contributed by atoms with Gasteiger partial charge < -0.3 is 25.6 Å². The van der Waals surface area contributed by atoms with E-state index < -0.39 is 12.6 Å². The second-order valence-electron chi connectivity index (χ2n) is 6.47. The lowest BCUT2D eigenvalue weighted by Crippen LogP contribution is -2.31. The summed E-state index contributed by atoms with van der Waals surface area (Å²) in [5, 5.41) is 8.10. The topological polar surface area (TPSA) is 82.7 Å². The normalized spacial score (nSPS) is 10.7. The van der Waals surface area contributed by atoms with E-state index in [2.05, 4.69) is 20.7 Å². The van der Waals surface area contributed by atoms with Crippen LogP contribution in [0.4, 0.5) is 19.3 Å². The van der Waals surface area contributed by atoms with Gasteiger partial charge in [0.2, 0.25) is 0 Å². The van der Waals surface area contributed by atoms with Gasteiger partial charge in [-0.2, -0.15) is 8.78 Å². The standard InChI is InChI=1S/C20H24F2N4O3/c1-26(2)11-10-23-18(27)15-5-3-4-14(12-15)13-24-20(28)25-16-6-8-17(9-7-16)29-19(21)22/h3-9,12,19H,10-11,13H2,1-2H3,(H,23,27)(H2,24,25,28). The van der Waals surface area contributed by atoms with Gasteiger partial charge in [0.15, 0.2) is 0 Å². The van der Waals surface area contributed by atoms with Gasteiger partial charge in [-0.05, 0) is 56.1 Å². The van der Waals surface area contributed by atoms with E-state index in [1.807, 2.05) is 19.0 Å². The molecule has 0 atom stereocenters. The van der Waals surface area contributed by atoms with Crippen molar-refractivity contribution in [3.8, 4) is 5.75 Å². The largest absolute Gasteiger partial charge is 0.435 e. The van der Waals surface area contributed by atoms with E-state index in [-0.39, 0.29) is 18.2 Å². The number of ether oxygens (including phenoxy) is 1. The highest BCUT2D eigenvalue weighted by molar-refractivity contribution is 5.94. The van der Waals surface area contributed by atoms with Crippen LogP contribution in [0.15, 0.2) is 48.5 Å². The Balaban J connectivity index is 1.83.